The second kappa shape index (κ2) is 7.98. The molecular weight excluding hydrogens is 398 g/mol. The molecule has 3 rings (SSSR count). The molecule has 0 atom stereocenters. The van der Waals surface area contributed by atoms with Gasteiger partial charge in [-0.2, -0.15) is 4.99 Å². The van der Waals surface area contributed by atoms with E-state index in [1.807, 2.05) is 6.92 Å². The Morgan fingerprint density at radius 1 is 1.29 bits per heavy atom. The molecule has 2 N–H and O–H groups in total. The minimum Gasteiger partial charge on any atom is -0.494 e. The molecule has 0 aliphatic heterocycles. The number of terminal acetylenes is 1. The summed E-state index contributed by atoms with van der Waals surface area (Å²) in [5.41, 5.74) is 1.08. The van der Waals surface area contributed by atoms with Gasteiger partial charge in [0.15, 0.2) is 4.80 Å². The van der Waals surface area contributed by atoms with Gasteiger partial charge in [0, 0.05) is 5.56 Å². The lowest BCUT2D eigenvalue weighted by molar-refractivity contribution is 0.0998. The standard InChI is InChI=1S/C19H17N3O4S2/c1-3-11-22-16-10-9-15(28(20,24)25)12-17(16)27-19(22)21-18(23)13-5-7-14(8-6-13)26-4-2/h1,5-10,12H,4,11H2,2H3,(H2,20,24,25). The predicted molar refractivity (Wildman–Crippen MR) is 108 cm³/mol. The van der Waals surface area contributed by atoms with Gasteiger partial charge in [-0.3, -0.25) is 4.79 Å². The molecule has 0 aliphatic rings. The van der Waals surface area contributed by atoms with Crippen LogP contribution in [0.3, 0.4) is 0 Å². The van der Waals surface area contributed by atoms with Gasteiger partial charge in [-0.25, -0.2) is 13.6 Å². The van der Waals surface area contributed by atoms with E-state index in [0.29, 0.717) is 32.9 Å². The number of ether oxygens (including phenoxy) is 1. The molecule has 1 heterocycles. The largest absolute Gasteiger partial charge is 0.494 e. The van der Waals surface area contributed by atoms with Crippen LogP contribution in [0.1, 0.15) is 17.3 Å². The van der Waals surface area contributed by atoms with E-state index in [-0.39, 0.29) is 11.4 Å². The van der Waals surface area contributed by atoms with Crippen LogP contribution in [0.25, 0.3) is 10.2 Å². The Balaban J connectivity index is 2.08. The van der Waals surface area contributed by atoms with Gasteiger partial charge >= 0.3 is 0 Å². The minimum absolute atomic E-state index is 0.0153. The average molecular weight is 415 g/mol. The van der Waals surface area contributed by atoms with E-state index in [4.69, 9.17) is 16.3 Å². The van der Waals surface area contributed by atoms with Gasteiger partial charge in [0.05, 0.1) is 28.3 Å². The van der Waals surface area contributed by atoms with Crippen molar-refractivity contribution in [3.63, 3.8) is 0 Å². The number of rotatable bonds is 5. The first-order valence-electron chi connectivity index (χ1n) is 8.25. The fourth-order valence-corrected chi connectivity index (χ4v) is 4.25. The minimum atomic E-state index is -3.84. The maximum Gasteiger partial charge on any atom is 0.279 e. The monoisotopic (exact) mass is 415 g/mol. The van der Waals surface area contributed by atoms with Gasteiger partial charge in [-0.15, -0.1) is 6.42 Å². The van der Waals surface area contributed by atoms with Gasteiger partial charge in [0.25, 0.3) is 5.91 Å². The first-order valence-corrected chi connectivity index (χ1v) is 10.6. The summed E-state index contributed by atoms with van der Waals surface area (Å²) >= 11 is 1.16. The molecule has 7 nitrogen and oxygen atoms in total. The number of sulfonamides is 1. The molecule has 0 aliphatic carbocycles. The zero-order chi connectivity index (χ0) is 20.3. The molecule has 0 saturated heterocycles. The summed E-state index contributed by atoms with van der Waals surface area (Å²) < 4.78 is 30.8. The maximum atomic E-state index is 12.6. The molecular formula is C19H17N3O4S2. The van der Waals surface area contributed by atoms with E-state index < -0.39 is 15.9 Å². The molecule has 0 unspecified atom stereocenters. The number of hydrogen-bond donors (Lipinski definition) is 1. The summed E-state index contributed by atoms with van der Waals surface area (Å²) in [5.74, 6) is 2.75. The number of aromatic nitrogens is 1. The highest BCUT2D eigenvalue weighted by Crippen LogP contribution is 2.21. The van der Waals surface area contributed by atoms with Crippen LogP contribution in [0, 0.1) is 12.3 Å². The van der Waals surface area contributed by atoms with E-state index in [0.717, 1.165) is 11.3 Å². The Kier molecular flexibility index (Phi) is 5.65. The van der Waals surface area contributed by atoms with Crippen molar-refractivity contribution in [2.75, 3.05) is 6.61 Å². The Morgan fingerprint density at radius 3 is 2.61 bits per heavy atom. The second-order valence-electron chi connectivity index (χ2n) is 5.72. The van der Waals surface area contributed by atoms with Crippen molar-refractivity contribution in [1.29, 1.82) is 0 Å². The Hall–Kier alpha value is -2.93. The molecule has 28 heavy (non-hydrogen) atoms. The molecule has 3 aromatic rings. The molecule has 9 heteroatoms. The number of fused-ring (bicyclic) bond motifs is 1. The number of carbonyl (C=O) groups is 1. The van der Waals surface area contributed by atoms with Crippen molar-refractivity contribution in [1.82, 2.24) is 4.57 Å². The third-order valence-corrected chi connectivity index (χ3v) is 5.79. The lowest BCUT2D eigenvalue weighted by atomic mass is 10.2. The number of amides is 1. The maximum absolute atomic E-state index is 12.6. The molecule has 0 fully saturated rings. The normalized spacial score (nSPS) is 12.1. The summed E-state index contributed by atoms with van der Waals surface area (Å²) in [7, 11) is -3.84. The van der Waals surface area contributed by atoms with Crippen LogP contribution < -0.4 is 14.7 Å². The van der Waals surface area contributed by atoms with Crippen LogP contribution >= 0.6 is 11.3 Å². The molecule has 0 bridgehead atoms. The van der Waals surface area contributed by atoms with E-state index in [9.17, 15) is 13.2 Å². The molecule has 0 saturated carbocycles. The van der Waals surface area contributed by atoms with Crippen molar-refractivity contribution in [2.24, 2.45) is 10.1 Å². The quantitative estimate of drug-likeness (QED) is 0.645. The van der Waals surface area contributed by atoms with Crippen LogP contribution in [0.5, 0.6) is 5.75 Å². The fraction of sp³-hybridized carbons (Fsp3) is 0.158. The molecule has 0 radical (unpaired) electrons. The summed E-state index contributed by atoms with van der Waals surface area (Å²) in [6, 6.07) is 11.1. The van der Waals surface area contributed by atoms with Crippen LogP contribution in [-0.2, 0) is 16.6 Å². The van der Waals surface area contributed by atoms with Crippen molar-refractivity contribution < 1.29 is 17.9 Å². The highest BCUT2D eigenvalue weighted by Gasteiger charge is 2.13. The Labute approximate surface area is 166 Å². The zero-order valence-corrected chi connectivity index (χ0v) is 16.6. The van der Waals surface area contributed by atoms with E-state index in [2.05, 4.69) is 10.9 Å². The summed E-state index contributed by atoms with van der Waals surface area (Å²) in [6.45, 7) is 2.59. The number of benzene rings is 2. The van der Waals surface area contributed by atoms with Gasteiger partial charge in [-0.1, -0.05) is 17.3 Å². The number of hydrogen-bond acceptors (Lipinski definition) is 5. The number of thiazole rings is 1. The Morgan fingerprint density at radius 2 is 2.00 bits per heavy atom. The van der Waals surface area contributed by atoms with E-state index >= 15 is 0 Å². The number of nitrogens with zero attached hydrogens (tertiary/aromatic N) is 2. The lowest BCUT2D eigenvalue weighted by Gasteiger charge is -2.03. The van der Waals surface area contributed by atoms with E-state index in [1.54, 1.807) is 34.9 Å². The van der Waals surface area contributed by atoms with E-state index in [1.165, 1.54) is 12.1 Å². The van der Waals surface area contributed by atoms with Gasteiger partial charge < -0.3 is 9.30 Å². The molecule has 1 aromatic heterocycles. The van der Waals surface area contributed by atoms with Crippen molar-refractivity contribution in [3.05, 3.63) is 52.8 Å². The third kappa shape index (κ3) is 4.14. The summed E-state index contributed by atoms with van der Waals surface area (Å²) in [5, 5.41) is 5.19. The first kappa shape index (κ1) is 19.8. The van der Waals surface area contributed by atoms with Gasteiger partial charge in [0.1, 0.15) is 5.75 Å². The topological polar surface area (TPSA) is 104 Å². The van der Waals surface area contributed by atoms with Crippen molar-refractivity contribution in [3.8, 4) is 18.1 Å². The zero-order valence-electron chi connectivity index (χ0n) is 15.0. The lowest BCUT2D eigenvalue weighted by Crippen LogP contribution is -2.16. The van der Waals surface area contributed by atoms with Crippen LogP contribution in [0.2, 0.25) is 0 Å². The van der Waals surface area contributed by atoms with Gasteiger partial charge in [0.2, 0.25) is 10.0 Å². The van der Waals surface area contributed by atoms with Crippen molar-refractivity contribution in [2.45, 2.75) is 18.4 Å². The van der Waals surface area contributed by atoms with Crippen LogP contribution in [0.15, 0.2) is 52.4 Å². The van der Waals surface area contributed by atoms with Gasteiger partial charge in [-0.05, 0) is 49.4 Å². The molecule has 0 spiro atoms. The fourth-order valence-electron chi connectivity index (χ4n) is 2.57. The molecule has 2 aromatic carbocycles. The summed E-state index contributed by atoms with van der Waals surface area (Å²) in [4.78, 5) is 17.1. The molecule has 1 amide bonds. The Bertz CT molecular complexity index is 1250. The predicted octanol–water partition coefficient (Wildman–Crippen LogP) is 2.12. The van der Waals surface area contributed by atoms with Crippen LogP contribution in [0.4, 0.5) is 0 Å². The smallest absolute Gasteiger partial charge is 0.279 e. The number of nitrogens with two attached hydrogens (primary N) is 1. The highest BCUT2D eigenvalue weighted by atomic mass is 32.2. The highest BCUT2D eigenvalue weighted by molar-refractivity contribution is 7.89. The van der Waals surface area contributed by atoms with Crippen LogP contribution in [-0.4, -0.2) is 25.5 Å². The SMILES string of the molecule is C#CCn1c(=NC(=O)c2ccc(OCC)cc2)sc2cc(S(N)(=O)=O)ccc21. The van der Waals surface area contributed by atoms with Crippen molar-refractivity contribution >= 4 is 37.5 Å². The molecule has 144 valence electrons. The average Bonchev–Trinajstić information content (AvgIpc) is 2.99. The number of primary sulfonamides is 1. The second-order valence-corrected chi connectivity index (χ2v) is 8.29. The number of carbonyl (C=O) groups excluding carboxylic acids is 1. The first-order chi connectivity index (χ1) is 13.3. The third-order valence-electron chi connectivity index (χ3n) is 3.84. The summed E-state index contributed by atoms with van der Waals surface area (Å²) in [6.07, 6.45) is 5.44.